The van der Waals surface area contributed by atoms with Crippen molar-refractivity contribution in [3.05, 3.63) is 40.7 Å². The van der Waals surface area contributed by atoms with Gasteiger partial charge in [0.25, 0.3) is 0 Å². The topological polar surface area (TPSA) is 66.2 Å². The van der Waals surface area contributed by atoms with Crippen molar-refractivity contribution in [3.8, 4) is 17.1 Å². The molecule has 3 rings (SSSR count). The number of aromatic nitrogens is 3. The average Bonchev–Trinajstić information content (AvgIpc) is 3.02. The first-order valence-electron chi connectivity index (χ1n) is 9.89. The first-order chi connectivity index (χ1) is 13.8. The predicted octanol–water partition coefficient (Wildman–Crippen LogP) is 4.70. The fourth-order valence-corrected chi connectivity index (χ4v) is 3.80. The minimum absolute atomic E-state index is 0.0762. The highest BCUT2D eigenvalue weighted by Crippen LogP contribution is 2.33. The Labute approximate surface area is 171 Å². The van der Waals surface area contributed by atoms with E-state index in [2.05, 4.69) is 35.7 Å². The largest absolute Gasteiger partial charge is 0.480 e. The van der Waals surface area contributed by atoms with Crippen molar-refractivity contribution in [1.29, 1.82) is 0 Å². The van der Waals surface area contributed by atoms with Crippen LogP contribution in [0.15, 0.2) is 18.3 Å². The first kappa shape index (κ1) is 21.0. The minimum atomic E-state index is -0.0762. The molecule has 0 saturated carbocycles. The van der Waals surface area contributed by atoms with Gasteiger partial charge in [0.1, 0.15) is 0 Å². The highest BCUT2D eigenvalue weighted by Gasteiger charge is 2.20. The molecule has 0 fully saturated rings. The summed E-state index contributed by atoms with van der Waals surface area (Å²) in [6, 6.07) is 4.24. The van der Waals surface area contributed by atoms with Gasteiger partial charge in [-0.1, -0.05) is 6.92 Å². The zero-order valence-electron chi connectivity index (χ0n) is 18.3. The number of nitrogens with zero attached hydrogens (tertiary/aromatic N) is 3. The van der Waals surface area contributed by atoms with Gasteiger partial charge in [-0.05, 0) is 57.4 Å². The molecule has 0 aliphatic heterocycles. The van der Waals surface area contributed by atoms with Crippen LogP contribution in [0.25, 0.3) is 22.3 Å². The Morgan fingerprint density at radius 3 is 2.48 bits per heavy atom. The van der Waals surface area contributed by atoms with Gasteiger partial charge in [0.05, 0.1) is 47.7 Å². The number of rotatable bonds is 7. The Hall–Kier alpha value is -2.73. The summed E-state index contributed by atoms with van der Waals surface area (Å²) in [4.78, 5) is 21.8. The van der Waals surface area contributed by atoms with Crippen LogP contribution >= 0.6 is 0 Å². The van der Waals surface area contributed by atoms with E-state index in [1.807, 2.05) is 19.9 Å². The van der Waals surface area contributed by atoms with Crippen molar-refractivity contribution in [2.75, 3.05) is 20.8 Å². The van der Waals surface area contributed by atoms with Crippen LogP contribution in [0.1, 0.15) is 54.0 Å². The second kappa shape index (κ2) is 8.33. The molecule has 29 heavy (non-hydrogen) atoms. The summed E-state index contributed by atoms with van der Waals surface area (Å²) >= 11 is 0. The van der Waals surface area contributed by atoms with Crippen molar-refractivity contribution in [3.63, 3.8) is 0 Å². The number of Topliss-reactive ketones (excluding diaryl/α,β-unsaturated/α-hetero) is 1. The van der Waals surface area contributed by atoms with E-state index >= 15 is 0 Å². The van der Waals surface area contributed by atoms with Crippen LogP contribution in [0.5, 0.6) is 5.88 Å². The summed E-state index contributed by atoms with van der Waals surface area (Å²) in [6.07, 6.45) is 2.84. The molecule has 0 aliphatic rings. The predicted molar refractivity (Wildman–Crippen MR) is 115 cm³/mol. The molecule has 154 valence electrons. The van der Waals surface area contributed by atoms with Gasteiger partial charge in [-0.15, -0.1) is 0 Å². The second-order valence-electron chi connectivity index (χ2n) is 7.49. The number of hydrogen-bond donors (Lipinski definition) is 0. The molecule has 3 aromatic rings. The van der Waals surface area contributed by atoms with Crippen LogP contribution in [-0.4, -0.2) is 41.1 Å². The molecular formula is C23H29N3O3. The maximum absolute atomic E-state index is 12.1. The molecule has 0 unspecified atom stereocenters. The van der Waals surface area contributed by atoms with Gasteiger partial charge < -0.3 is 14.0 Å². The first-order valence-corrected chi connectivity index (χ1v) is 9.89. The molecule has 0 radical (unpaired) electrons. The van der Waals surface area contributed by atoms with Crippen molar-refractivity contribution >= 4 is 16.8 Å². The zero-order valence-corrected chi connectivity index (χ0v) is 18.3. The number of carbonyl (C=O) groups is 1. The van der Waals surface area contributed by atoms with E-state index in [0.717, 1.165) is 39.1 Å². The van der Waals surface area contributed by atoms with Crippen molar-refractivity contribution in [2.24, 2.45) is 0 Å². The van der Waals surface area contributed by atoms with Gasteiger partial charge in [-0.2, -0.15) is 0 Å². The van der Waals surface area contributed by atoms with E-state index in [1.165, 1.54) is 14.0 Å². The lowest BCUT2D eigenvalue weighted by Crippen LogP contribution is -2.10. The third kappa shape index (κ3) is 3.77. The summed E-state index contributed by atoms with van der Waals surface area (Å²) in [6.45, 7) is 10.5. The van der Waals surface area contributed by atoms with E-state index < -0.39 is 0 Å². The number of ketones is 1. The van der Waals surface area contributed by atoms with Crippen LogP contribution in [0.4, 0.5) is 0 Å². The molecule has 6 nitrogen and oxygen atoms in total. The van der Waals surface area contributed by atoms with Gasteiger partial charge in [-0.25, -0.2) is 9.97 Å². The molecule has 3 aromatic heterocycles. The van der Waals surface area contributed by atoms with E-state index in [0.29, 0.717) is 24.5 Å². The van der Waals surface area contributed by atoms with Crippen LogP contribution in [0.3, 0.4) is 0 Å². The molecule has 0 aromatic carbocycles. The molecular weight excluding hydrogens is 366 g/mol. The molecule has 0 N–H and O–H groups in total. The molecule has 0 amide bonds. The summed E-state index contributed by atoms with van der Waals surface area (Å²) in [5, 5.41) is 0. The van der Waals surface area contributed by atoms with Gasteiger partial charge in [0, 0.05) is 18.9 Å². The third-order valence-electron chi connectivity index (χ3n) is 5.29. The van der Waals surface area contributed by atoms with Gasteiger partial charge in [0.15, 0.2) is 5.78 Å². The average molecular weight is 396 g/mol. The standard InChI is InChI=1S/C23H29N3O3/c1-8-19-18(10-17(16(5)27)23(24-19)29-7)21-13(2)9-20-22(25-21)14(3)11-26(20)15(4)12-28-6/h9-11,15H,8,12H2,1-7H3/t15-/m0/s1. The number of pyridine rings is 2. The lowest BCUT2D eigenvalue weighted by molar-refractivity contribution is 0.101. The van der Waals surface area contributed by atoms with E-state index in [-0.39, 0.29) is 11.8 Å². The zero-order chi connectivity index (χ0) is 21.3. The lowest BCUT2D eigenvalue weighted by atomic mass is 9.99. The number of ether oxygens (including phenoxy) is 2. The highest BCUT2D eigenvalue weighted by molar-refractivity contribution is 5.98. The molecule has 0 bridgehead atoms. The normalized spacial score (nSPS) is 12.4. The third-order valence-corrected chi connectivity index (χ3v) is 5.29. The molecule has 3 heterocycles. The lowest BCUT2D eigenvalue weighted by Gasteiger charge is -2.16. The monoisotopic (exact) mass is 395 g/mol. The molecule has 0 aliphatic carbocycles. The number of fused-ring (bicyclic) bond motifs is 1. The van der Waals surface area contributed by atoms with Crippen molar-refractivity contribution in [2.45, 2.75) is 47.1 Å². The fraction of sp³-hybridized carbons (Fsp3) is 0.435. The number of aryl methyl sites for hydroxylation is 3. The molecule has 1 atom stereocenters. The Balaban J connectivity index is 2.25. The molecule has 6 heteroatoms. The smallest absolute Gasteiger partial charge is 0.224 e. The van der Waals surface area contributed by atoms with Crippen LogP contribution < -0.4 is 4.74 Å². The Morgan fingerprint density at radius 1 is 1.17 bits per heavy atom. The Morgan fingerprint density at radius 2 is 1.90 bits per heavy atom. The van der Waals surface area contributed by atoms with E-state index in [1.54, 1.807) is 7.11 Å². The summed E-state index contributed by atoms with van der Waals surface area (Å²) in [7, 11) is 3.25. The van der Waals surface area contributed by atoms with Crippen molar-refractivity contribution < 1.29 is 14.3 Å². The van der Waals surface area contributed by atoms with Gasteiger partial charge in [-0.3, -0.25) is 4.79 Å². The summed E-state index contributed by atoms with van der Waals surface area (Å²) < 4.78 is 12.9. The fourth-order valence-electron chi connectivity index (χ4n) is 3.80. The number of methoxy groups -OCH3 is 2. The second-order valence-corrected chi connectivity index (χ2v) is 7.49. The maximum atomic E-state index is 12.1. The number of carbonyl (C=O) groups excluding carboxylic acids is 1. The SMILES string of the molecule is CCc1nc(OC)c(C(C)=O)cc1-c1nc2c(C)cn([C@@H](C)COC)c2cc1C. The maximum Gasteiger partial charge on any atom is 0.224 e. The van der Waals surface area contributed by atoms with Crippen LogP contribution in [0.2, 0.25) is 0 Å². The van der Waals surface area contributed by atoms with Gasteiger partial charge in [0.2, 0.25) is 5.88 Å². The number of hydrogen-bond acceptors (Lipinski definition) is 5. The van der Waals surface area contributed by atoms with Gasteiger partial charge >= 0.3 is 0 Å². The molecule has 0 saturated heterocycles. The quantitative estimate of drug-likeness (QED) is 0.543. The van der Waals surface area contributed by atoms with Crippen molar-refractivity contribution in [1.82, 2.24) is 14.5 Å². The summed E-state index contributed by atoms with van der Waals surface area (Å²) in [5.41, 5.74) is 7.27. The highest BCUT2D eigenvalue weighted by atomic mass is 16.5. The van der Waals surface area contributed by atoms with E-state index in [9.17, 15) is 4.79 Å². The summed E-state index contributed by atoms with van der Waals surface area (Å²) in [5.74, 6) is 0.292. The van der Waals surface area contributed by atoms with Crippen LogP contribution in [0, 0.1) is 13.8 Å². The minimum Gasteiger partial charge on any atom is -0.480 e. The Bertz CT molecular complexity index is 1070. The molecule has 0 spiro atoms. The van der Waals surface area contributed by atoms with Crippen LogP contribution in [-0.2, 0) is 11.2 Å². The Kier molecular flexibility index (Phi) is 6.03. The van der Waals surface area contributed by atoms with E-state index in [4.69, 9.17) is 14.5 Å².